The van der Waals surface area contributed by atoms with E-state index in [1.807, 2.05) is 25.4 Å². The largest absolute Gasteiger partial charge is 0.340 e. The van der Waals surface area contributed by atoms with Gasteiger partial charge in [-0.05, 0) is 44.6 Å². The molecule has 122 valence electrons. The summed E-state index contributed by atoms with van der Waals surface area (Å²) in [6, 6.07) is 1.95. The molecule has 2 fully saturated rings. The molecule has 5 nitrogen and oxygen atoms in total. The quantitative estimate of drug-likeness (QED) is 0.870. The molecule has 0 spiro atoms. The van der Waals surface area contributed by atoms with E-state index in [-0.39, 0.29) is 0 Å². The summed E-state index contributed by atoms with van der Waals surface area (Å²) in [5.74, 6) is 3.48. The second-order valence-corrected chi connectivity index (χ2v) is 7.02. The van der Waals surface area contributed by atoms with Crippen LogP contribution in [-0.2, 0) is 6.54 Å². The van der Waals surface area contributed by atoms with Gasteiger partial charge in [0.25, 0.3) is 0 Å². The number of hydrogen-bond donors (Lipinski definition) is 0. The Kier molecular flexibility index (Phi) is 4.02. The first-order chi connectivity index (χ1) is 11.3. The Labute approximate surface area is 137 Å². The van der Waals surface area contributed by atoms with Crippen molar-refractivity contribution in [3.63, 3.8) is 0 Å². The van der Waals surface area contributed by atoms with Crippen LogP contribution in [0.4, 0.5) is 5.95 Å². The molecule has 4 rings (SSSR count). The topological polar surface area (TPSA) is 46.8 Å². The van der Waals surface area contributed by atoms with Gasteiger partial charge in [-0.25, -0.2) is 15.0 Å². The van der Waals surface area contributed by atoms with Crippen LogP contribution in [0.15, 0.2) is 24.7 Å². The molecule has 23 heavy (non-hydrogen) atoms. The maximum atomic E-state index is 4.69. The minimum Gasteiger partial charge on any atom is -0.340 e. The van der Waals surface area contributed by atoms with Crippen molar-refractivity contribution < 1.29 is 0 Å². The third-order valence-corrected chi connectivity index (χ3v) is 5.28. The summed E-state index contributed by atoms with van der Waals surface area (Å²) in [6.07, 6.45) is 12.5. The van der Waals surface area contributed by atoms with Crippen LogP contribution in [0, 0.1) is 12.8 Å². The first-order valence-electron chi connectivity index (χ1n) is 8.85. The Balaban J connectivity index is 1.50. The summed E-state index contributed by atoms with van der Waals surface area (Å²) in [6.45, 7) is 5.19. The first-order valence-corrected chi connectivity index (χ1v) is 8.85. The normalized spacial score (nSPS) is 22.1. The molecule has 0 bridgehead atoms. The van der Waals surface area contributed by atoms with E-state index in [1.54, 1.807) is 0 Å². The molecule has 0 aromatic carbocycles. The first kappa shape index (κ1) is 14.7. The van der Waals surface area contributed by atoms with E-state index in [1.165, 1.54) is 37.9 Å². The van der Waals surface area contributed by atoms with Crippen molar-refractivity contribution in [2.24, 2.45) is 5.92 Å². The van der Waals surface area contributed by atoms with Crippen LogP contribution >= 0.6 is 0 Å². The van der Waals surface area contributed by atoms with Gasteiger partial charge in [-0.3, -0.25) is 0 Å². The molecule has 5 heteroatoms. The summed E-state index contributed by atoms with van der Waals surface area (Å²) in [4.78, 5) is 16.1. The van der Waals surface area contributed by atoms with Gasteiger partial charge in [0.1, 0.15) is 5.82 Å². The van der Waals surface area contributed by atoms with E-state index in [4.69, 9.17) is 4.98 Å². The van der Waals surface area contributed by atoms with Gasteiger partial charge >= 0.3 is 0 Å². The number of anilines is 1. The zero-order valence-corrected chi connectivity index (χ0v) is 13.9. The fourth-order valence-electron chi connectivity index (χ4n) is 3.75. The molecular weight excluding hydrogens is 286 g/mol. The maximum absolute atomic E-state index is 4.69. The monoisotopic (exact) mass is 311 g/mol. The molecule has 1 atom stereocenters. The summed E-state index contributed by atoms with van der Waals surface area (Å²) < 4.78 is 2.40. The Bertz CT molecular complexity index is 661. The van der Waals surface area contributed by atoms with E-state index in [0.29, 0.717) is 5.92 Å². The highest BCUT2D eigenvalue weighted by atomic mass is 15.3. The average molecular weight is 311 g/mol. The highest BCUT2D eigenvalue weighted by Crippen LogP contribution is 2.31. The Morgan fingerprint density at radius 1 is 1.13 bits per heavy atom. The van der Waals surface area contributed by atoms with Crippen molar-refractivity contribution in [1.29, 1.82) is 0 Å². The second-order valence-electron chi connectivity index (χ2n) is 7.02. The van der Waals surface area contributed by atoms with Crippen LogP contribution in [0.2, 0.25) is 0 Å². The van der Waals surface area contributed by atoms with Crippen molar-refractivity contribution in [3.05, 3.63) is 36.2 Å². The van der Waals surface area contributed by atoms with Crippen molar-refractivity contribution in [2.45, 2.75) is 51.5 Å². The van der Waals surface area contributed by atoms with Crippen molar-refractivity contribution in [2.75, 3.05) is 18.0 Å². The van der Waals surface area contributed by atoms with Crippen LogP contribution in [-0.4, -0.2) is 32.6 Å². The maximum Gasteiger partial charge on any atom is 0.225 e. The molecule has 1 aliphatic heterocycles. The number of imidazole rings is 1. The Morgan fingerprint density at radius 2 is 2.04 bits per heavy atom. The van der Waals surface area contributed by atoms with Gasteiger partial charge in [0.05, 0.1) is 0 Å². The zero-order valence-electron chi connectivity index (χ0n) is 13.9. The molecule has 0 N–H and O–H groups in total. The summed E-state index contributed by atoms with van der Waals surface area (Å²) in [5, 5.41) is 0. The van der Waals surface area contributed by atoms with Gasteiger partial charge < -0.3 is 9.47 Å². The van der Waals surface area contributed by atoms with Gasteiger partial charge in [0.2, 0.25) is 5.95 Å². The Morgan fingerprint density at radius 3 is 2.83 bits per heavy atom. The molecule has 2 aromatic rings. The third-order valence-electron chi connectivity index (χ3n) is 5.28. The van der Waals surface area contributed by atoms with Gasteiger partial charge in [-0.2, -0.15) is 0 Å². The molecule has 3 heterocycles. The van der Waals surface area contributed by atoms with Crippen molar-refractivity contribution in [1.82, 2.24) is 19.5 Å². The van der Waals surface area contributed by atoms with Crippen LogP contribution < -0.4 is 4.90 Å². The van der Waals surface area contributed by atoms with Crippen LogP contribution in [0.25, 0.3) is 0 Å². The highest BCUT2D eigenvalue weighted by molar-refractivity contribution is 5.32. The summed E-state index contributed by atoms with van der Waals surface area (Å²) in [5.41, 5.74) is 1.03. The number of aromatic nitrogens is 4. The lowest BCUT2D eigenvalue weighted by Gasteiger charge is -2.33. The SMILES string of the molecule is Cc1ccnc(N2CCC[C@H](c3nccn3CC3CCC3)C2)n1. The van der Waals surface area contributed by atoms with Crippen LogP contribution in [0.5, 0.6) is 0 Å². The fraction of sp³-hybridized carbons (Fsp3) is 0.611. The molecule has 0 unspecified atom stereocenters. The number of aryl methyl sites for hydroxylation is 1. The third kappa shape index (κ3) is 3.09. The van der Waals surface area contributed by atoms with Gasteiger partial charge in [0.15, 0.2) is 0 Å². The number of hydrogen-bond acceptors (Lipinski definition) is 4. The van der Waals surface area contributed by atoms with Crippen molar-refractivity contribution in [3.8, 4) is 0 Å². The molecule has 2 aliphatic rings. The van der Waals surface area contributed by atoms with Crippen molar-refractivity contribution >= 4 is 5.95 Å². The minimum absolute atomic E-state index is 0.489. The van der Waals surface area contributed by atoms with Crippen LogP contribution in [0.1, 0.15) is 49.5 Å². The second kappa shape index (κ2) is 6.30. The molecule has 0 radical (unpaired) electrons. The summed E-state index contributed by atoms with van der Waals surface area (Å²) in [7, 11) is 0. The smallest absolute Gasteiger partial charge is 0.225 e. The molecule has 1 saturated carbocycles. The predicted molar refractivity (Wildman–Crippen MR) is 90.5 cm³/mol. The fourth-order valence-corrected chi connectivity index (χ4v) is 3.75. The van der Waals surface area contributed by atoms with E-state index < -0.39 is 0 Å². The minimum atomic E-state index is 0.489. The predicted octanol–water partition coefficient (Wildman–Crippen LogP) is 3.17. The molecule has 1 aliphatic carbocycles. The van der Waals surface area contributed by atoms with E-state index in [0.717, 1.165) is 37.2 Å². The van der Waals surface area contributed by atoms with Gasteiger partial charge in [-0.1, -0.05) is 6.42 Å². The van der Waals surface area contributed by atoms with Crippen LogP contribution in [0.3, 0.4) is 0 Å². The lowest BCUT2D eigenvalue weighted by Crippen LogP contribution is -2.36. The van der Waals surface area contributed by atoms with Gasteiger partial charge in [-0.15, -0.1) is 0 Å². The molecule has 1 saturated heterocycles. The number of piperidine rings is 1. The Hall–Kier alpha value is -1.91. The average Bonchev–Trinajstić information content (AvgIpc) is 2.99. The number of rotatable bonds is 4. The van der Waals surface area contributed by atoms with E-state index in [2.05, 4.69) is 25.6 Å². The number of nitrogens with zero attached hydrogens (tertiary/aromatic N) is 5. The van der Waals surface area contributed by atoms with E-state index >= 15 is 0 Å². The highest BCUT2D eigenvalue weighted by Gasteiger charge is 2.27. The molecular formula is C18H25N5. The molecule has 0 amide bonds. The zero-order chi connectivity index (χ0) is 15.6. The lowest BCUT2D eigenvalue weighted by molar-refractivity contribution is 0.270. The summed E-state index contributed by atoms with van der Waals surface area (Å²) >= 11 is 0. The van der Waals surface area contributed by atoms with Gasteiger partial charge in [0, 0.05) is 49.8 Å². The standard InChI is InChI=1S/C18H25N5/c1-14-7-8-20-18(21-14)23-10-3-6-16(13-23)17-19-9-11-22(17)12-15-4-2-5-15/h7-9,11,15-16H,2-6,10,12-13H2,1H3/t16-/m0/s1. The lowest BCUT2D eigenvalue weighted by atomic mass is 9.85. The van der Waals surface area contributed by atoms with E-state index in [9.17, 15) is 0 Å². The molecule has 2 aromatic heterocycles.